The van der Waals surface area contributed by atoms with E-state index in [0.717, 1.165) is 0 Å². The van der Waals surface area contributed by atoms with E-state index in [2.05, 4.69) is 9.47 Å². The van der Waals surface area contributed by atoms with E-state index in [4.69, 9.17) is 5.73 Å². The van der Waals surface area contributed by atoms with Crippen molar-refractivity contribution < 1.29 is 19.1 Å². The summed E-state index contributed by atoms with van der Waals surface area (Å²) in [5.74, 6) is -1.18. The van der Waals surface area contributed by atoms with Gasteiger partial charge in [0, 0.05) is 0 Å². The first-order valence-electron chi connectivity index (χ1n) is 2.69. The lowest BCUT2D eigenvalue weighted by molar-refractivity contribution is -0.142. The molecule has 0 aromatic carbocycles. The van der Waals surface area contributed by atoms with Gasteiger partial charge >= 0.3 is 5.97 Å². The standard InChI is InChI=1S/C5H7NO4/c1-9-5(8)3-2(10-3)4(6)7/h2-3H,1H3,(H2,6,7). The van der Waals surface area contributed by atoms with Gasteiger partial charge in [0.25, 0.3) is 0 Å². The summed E-state index contributed by atoms with van der Waals surface area (Å²) in [5.41, 5.74) is 4.81. The van der Waals surface area contributed by atoms with Gasteiger partial charge in [-0.1, -0.05) is 0 Å². The second-order valence-corrected chi connectivity index (χ2v) is 1.90. The van der Waals surface area contributed by atoms with E-state index in [0.29, 0.717) is 0 Å². The Morgan fingerprint density at radius 3 is 2.40 bits per heavy atom. The maximum Gasteiger partial charge on any atom is 0.338 e. The van der Waals surface area contributed by atoms with Crippen LogP contribution in [0.1, 0.15) is 0 Å². The summed E-state index contributed by atoms with van der Waals surface area (Å²) in [7, 11) is 1.22. The smallest absolute Gasteiger partial charge is 0.338 e. The Hall–Kier alpha value is -1.10. The predicted octanol–water partition coefficient (Wildman–Crippen LogP) is -1.59. The van der Waals surface area contributed by atoms with Crippen LogP contribution in [-0.2, 0) is 19.1 Å². The van der Waals surface area contributed by atoms with E-state index in [1.54, 1.807) is 0 Å². The third kappa shape index (κ3) is 1.08. The SMILES string of the molecule is COC(=O)C1OC1C(N)=O. The van der Waals surface area contributed by atoms with Gasteiger partial charge in [0.05, 0.1) is 7.11 Å². The minimum absolute atomic E-state index is 0.552. The summed E-state index contributed by atoms with van der Waals surface area (Å²) in [4.78, 5) is 20.8. The van der Waals surface area contributed by atoms with Crippen LogP contribution >= 0.6 is 0 Å². The maximum absolute atomic E-state index is 10.5. The normalized spacial score (nSPS) is 29.3. The molecule has 0 bridgehead atoms. The van der Waals surface area contributed by atoms with E-state index in [1.807, 2.05) is 0 Å². The molecule has 10 heavy (non-hydrogen) atoms. The molecule has 0 aliphatic carbocycles. The fourth-order valence-electron chi connectivity index (χ4n) is 0.624. The highest BCUT2D eigenvalue weighted by molar-refractivity contribution is 5.91. The molecule has 2 N–H and O–H groups in total. The number of rotatable bonds is 2. The van der Waals surface area contributed by atoms with Gasteiger partial charge in [-0.05, 0) is 0 Å². The largest absolute Gasteiger partial charge is 0.467 e. The number of methoxy groups -OCH3 is 1. The minimum Gasteiger partial charge on any atom is -0.467 e. The van der Waals surface area contributed by atoms with E-state index < -0.39 is 24.1 Å². The van der Waals surface area contributed by atoms with Crippen molar-refractivity contribution in [3.8, 4) is 0 Å². The Labute approximate surface area is 57.1 Å². The Balaban J connectivity index is 2.38. The highest BCUT2D eigenvalue weighted by Gasteiger charge is 2.50. The molecule has 0 saturated carbocycles. The quantitative estimate of drug-likeness (QED) is 0.375. The molecule has 0 aromatic rings. The molecule has 1 rings (SSSR count). The molecular formula is C5H7NO4. The third-order valence-electron chi connectivity index (χ3n) is 1.21. The van der Waals surface area contributed by atoms with Crippen LogP contribution < -0.4 is 5.73 Å². The molecule has 1 amide bonds. The average Bonchev–Trinajstić information content (AvgIpc) is 2.64. The zero-order valence-electron chi connectivity index (χ0n) is 5.37. The van der Waals surface area contributed by atoms with E-state index in [9.17, 15) is 9.59 Å². The summed E-state index contributed by atoms with van der Waals surface area (Å²) < 4.78 is 8.86. The monoisotopic (exact) mass is 145 g/mol. The lowest BCUT2D eigenvalue weighted by Crippen LogP contribution is -2.23. The Kier molecular flexibility index (Phi) is 1.58. The molecule has 0 spiro atoms. The number of amides is 1. The molecule has 1 aliphatic rings. The van der Waals surface area contributed by atoms with Crippen LogP contribution in [0.3, 0.4) is 0 Å². The number of esters is 1. The third-order valence-corrected chi connectivity index (χ3v) is 1.21. The lowest BCUT2D eigenvalue weighted by atomic mass is 10.3. The van der Waals surface area contributed by atoms with Crippen molar-refractivity contribution in [1.82, 2.24) is 0 Å². The van der Waals surface area contributed by atoms with Gasteiger partial charge in [0.1, 0.15) is 0 Å². The summed E-state index contributed by atoms with van der Waals surface area (Å²) in [6.45, 7) is 0. The van der Waals surface area contributed by atoms with Crippen LogP contribution in [0.25, 0.3) is 0 Å². The van der Waals surface area contributed by atoms with Crippen molar-refractivity contribution >= 4 is 11.9 Å². The van der Waals surface area contributed by atoms with Crippen LogP contribution in [0.2, 0.25) is 0 Å². The van der Waals surface area contributed by atoms with Gasteiger partial charge in [-0.25, -0.2) is 4.79 Å². The van der Waals surface area contributed by atoms with Crippen molar-refractivity contribution in [2.45, 2.75) is 12.2 Å². The van der Waals surface area contributed by atoms with Crippen LogP contribution in [-0.4, -0.2) is 31.2 Å². The molecule has 2 atom stereocenters. The maximum atomic E-state index is 10.5. The predicted molar refractivity (Wildman–Crippen MR) is 29.9 cm³/mol. The topological polar surface area (TPSA) is 81.9 Å². The van der Waals surface area contributed by atoms with Crippen molar-refractivity contribution in [1.29, 1.82) is 0 Å². The van der Waals surface area contributed by atoms with E-state index in [-0.39, 0.29) is 0 Å². The molecule has 56 valence electrons. The second-order valence-electron chi connectivity index (χ2n) is 1.90. The number of epoxide rings is 1. The van der Waals surface area contributed by atoms with Crippen LogP contribution in [0.4, 0.5) is 0 Å². The molecule has 0 radical (unpaired) electrons. The first-order valence-corrected chi connectivity index (χ1v) is 2.69. The number of hydrogen-bond acceptors (Lipinski definition) is 4. The minimum atomic E-state index is -0.771. The van der Waals surface area contributed by atoms with E-state index >= 15 is 0 Å². The van der Waals surface area contributed by atoms with Gasteiger partial charge in [-0.3, -0.25) is 4.79 Å². The number of carbonyl (C=O) groups excluding carboxylic acids is 2. The zero-order chi connectivity index (χ0) is 7.72. The number of nitrogens with two attached hydrogens (primary N) is 1. The molecule has 1 saturated heterocycles. The summed E-state index contributed by atoms with van der Waals surface area (Å²) in [6.07, 6.45) is -1.53. The molecule has 5 heteroatoms. The van der Waals surface area contributed by atoms with Crippen molar-refractivity contribution in [2.75, 3.05) is 7.11 Å². The van der Waals surface area contributed by atoms with Crippen molar-refractivity contribution in [3.05, 3.63) is 0 Å². The number of primary amides is 1. The Morgan fingerprint density at radius 1 is 1.50 bits per heavy atom. The fourth-order valence-corrected chi connectivity index (χ4v) is 0.624. The zero-order valence-corrected chi connectivity index (χ0v) is 5.37. The number of ether oxygens (including phenoxy) is 2. The van der Waals surface area contributed by atoms with Crippen LogP contribution in [0, 0.1) is 0 Å². The highest BCUT2D eigenvalue weighted by Crippen LogP contribution is 2.22. The molecule has 0 aromatic heterocycles. The van der Waals surface area contributed by atoms with E-state index in [1.165, 1.54) is 7.11 Å². The first-order chi connectivity index (χ1) is 4.66. The van der Waals surface area contributed by atoms with Gasteiger partial charge in [0.15, 0.2) is 12.2 Å². The summed E-state index contributed by atoms with van der Waals surface area (Å²) in [5, 5.41) is 0. The van der Waals surface area contributed by atoms with Gasteiger partial charge in [-0.2, -0.15) is 0 Å². The van der Waals surface area contributed by atoms with Gasteiger partial charge in [-0.15, -0.1) is 0 Å². The molecule has 1 fully saturated rings. The Morgan fingerprint density at radius 2 is 2.10 bits per heavy atom. The van der Waals surface area contributed by atoms with Crippen LogP contribution in [0.5, 0.6) is 0 Å². The average molecular weight is 145 g/mol. The van der Waals surface area contributed by atoms with Gasteiger partial charge < -0.3 is 15.2 Å². The first kappa shape index (κ1) is 7.01. The highest BCUT2D eigenvalue weighted by atomic mass is 16.6. The van der Waals surface area contributed by atoms with Crippen molar-refractivity contribution in [3.63, 3.8) is 0 Å². The Bertz CT molecular complexity index is 178. The van der Waals surface area contributed by atoms with Gasteiger partial charge in [0.2, 0.25) is 5.91 Å². The molecular weight excluding hydrogens is 138 g/mol. The molecule has 2 unspecified atom stereocenters. The summed E-state index contributed by atoms with van der Waals surface area (Å²) in [6, 6.07) is 0. The van der Waals surface area contributed by atoms with Crippen LogP contribution in [0.15, 0.2) is 0 Å². The molecule has 1 heterocycles. The second kappa shape index (κ2) is 2.26. The lowest BCUT2D eigenvalue weighted by Gasteiger charge is -1.89. The van der Waals surface area contributed by atoms with Crippen molar-refractivity contribution in [2.24, 2.45) is 5.73 Å². The number of carbonyl (C=O) groups is 2. The summed E-state index contributed by atoms with van der Waals surface area (Å²) >= 11 is 0. The molecule has 5 nitrogen and oxygen atoms in total. The molecule has 1 aliphatic heterocycles. The fraction of sp³-hybridized carbons (Fsp3) is 0.600. The number of hydrogen-bond donors (Lipinski definition) is 1.